The molecule has 4 heteroatoms. The van der Waals surface area contributed by atoms with Crippen molar-refractivity contribution in [1.82, 2.24) is 0 Å². The average Bonchev–Trinajstić information content (AvgIpc) is 2.61. The fourth-order valence-corrected chi connectivity index (χ4v) is 2.56. The van der Waals surface area contributed by atoms with E-state index in [0.717, 1.165) is 16.0 Å². The SMILES string of the molecule is Cc1ccccc1-c1cc(N)c(C(=O)O)s1. The molecule has 0 saturated heterocycles. The number of carboxylic acid groups (broad SMARTS) is 1. The number of carbonyl (C=O) groups is 1. The van der Waals surface area contributed by atoms with E-state index in [-0.39, 0.29) is 4.88 Å². The second-order valence-electron chi connectivity index (χ2n) is 3.52. The van der Waals surface area contributed by atoms with E-state index in [9.17, 15) is 4.79 Å². The molecular weight excluding hydrogens is 222 g/mol. The third kappa shape index (κ3) is 1.79. The smallest absolute Gasteiger partial charge is 0.348 e. The van der Waals surface area contributed by atoms with Crippen molar-refractivity contribution in [2.45, 2.75) is 6.92 Å². The summed E-state index contributed by atoms with van der Waals surface area (Å²) in [7, 11) is 0. The molecule has 16 heavy (non-hydrogen) atoms. The molecule has 0 amide bonds. The van der Waals surface area contributed by atoms with Crippen molar-refractivity contribution in [3.8, 4) is 10.4 Å². The molecule has 1 aromatic carbocycles. The number of nitrogen functional groups attached to an aromatic ring is 1. The number of benzene rings is 1. The van der Waals surface area contributed by atoms with E-state index in [1.807, 2.05) is 31.2 Å². The molecule has 3 N–H and O–H groups in total. The van der Waals surface area contributed by atoms with Gasteiger partial charge in [0.25, 0.3) is 0 Å². The largest absolute Gasteiger partial charge is 0.477 e. The van der Waals surface area contributed by atoms with E-state index < -0.39 is 5.97 Å². The lowest BCUT2D eigenvalue weighted by molar-refractivity contribution is 0.0703. The Morgan fingerprint density at radius 3 is 2.62 bits per heavy atom. The number of aromatic carboxylic acids is 1. The van der Waals surface area contributed by atoms with Crippen LogP contribution in [0.3, 0.4) is 0 Å². The number of nitrogens with two attached hydrogens (primary N) is 1. The summed E-state index contributed by atoms with van der Waals surface area (Å²) in [5, 5.41) is 8.93. The first-order chi connectivity index (χ1) is 7.59. The maximum Gasteiger partial charge on any atom is 0.348 e. The summed E-state index contributed by atoms with van der Waals surface area (Å²) in [5.74, 6) is -0.970. The number of thiophene rings is 1. The van der Waals surface area contributed by atoms with Crippen molar-refractivity contribution < 1.29 is 9.90 Å². The van der Waals surface area contributed by atoms with Gasteiger partial charge in [0, 0.05) is 4.88 Å². The van der Waals surface area contributed by atoms with Crippen LogP contribution in [0, 0.1) is 6.92 Å². The van der Waals surface area contributed by atoms with E-state index in [2.05, 4.69) is 0 Å². The lowest BCUT2D eigenvalue weighted by Gasteiger charge is -2.00. The molecule has 0 fully saturated rings. The van der Waals surface area contributed by atoms with Gasteiger partial charge in [-0.15, -0.1) is 11.3 Å². The fraction of sp³-hybridized carbons (Fsp3) is 0.0833. The summed E-state index contributed by atoms with van der Waals surface area (Å²) in [5.41, 5.74) is 8.13. The Hall–Kier alpha value is -1.81. The summed E-state index contributed by atoms with van der Waals surface area (Å²) >= 11 is 1.21. The number of carboxylic acids is 1. The zero-order chi connectivity index (χ0) is 11.7. The summed E-state index contributed by atoms with van der Waals surface area (Å²) < 4.78 is 0. The number of aryl methyl sites for hydroxylation is 1. The molecule has 0 aliphatic carbocycles. The van der Waals surface area contributed by atoms with Gasteiger partial charge in [0.1, 0.15) is 4.88 Å². The summed E-state index contributed by atoms with van der Waals surface area (Å²) in [6, 6.07) is 9.56. The van der Waals surface area contributed by atoms with Crippen LogP contribution in [0.2, 0.25) is 0 Å². The molecule has 0 bridgehead atoms. The quantitative estimate of drug-likeness (QED) is 0.838. The van der Waals surface area contributed by atoms with Crippen LogP contribution in [0.15, 0.2) is 30.3 Å². The van der Waals surface area contributed by atoms with Crippen LogP contribution >= 0.6 is 11.3 Å². The first kappa shape index (κ1) is 10.7. The molecule has 0 unspecified atom stereocenters. The summed E-state index contributed by atoms with van der Waals surface area (Å²) in [4.78, 5) is 12.0. The van der Waals surface area contributed by atoms with Crippen LogP contribution in [0.4, 0.5) is 5.69 Å². The highest BCUT2D eigenvalue weighted by Gasteiger charge is 2.14. The van der Waals surface area contributed by atoms with Crippen molar-refractivity contribution in [3.05, 3.63) is 40.8 Å². The predicted molar refractivity (Wildman–Crippen MR) is 65.9 cm³/mol. The van der Waals surface area contributed by atoms with Crippen LogP contribution in [0.25, 0.3) is 10.4 Å². The lowest BCUT2D eigenvalue weighted by atomic mass is 10.1. The van der Waals surface area contributed by atoms with Crippen molar-refractivity contribution in [3.63, 3.8) is 0 Å². The van der Waals surface area contributed by atoms with Gasteiger partial charge >= 0.3 is 5.97 Å². The Morgan fingerprint density at radius 1 is 1.38 bits per heavy atom. The monoisotopic (exact) mass is 233 g/mol. The van der Waals surface area contributed by atoms with Crippen LogP contribution < -0.4 is 5.73 Å². The van der Waals surface area contributed by atoms with E-state index in [1.165, 1.54) is 11.3 Å². The molecule has 0 atom stereocenters. The van der Waals surface area contributed by atoms with Crippen molar-refractivity contribution >= 4 is 23.0 Å². The predicted octanol–water partition coefficient (Wildman–Crippen LogP) is 3.00. The third-order valence-electron chi connectivity index (χ3n) is 2.37. The first-order valence-corrected chi connectivity index (χ1v) is 5.60. The Kier molecular flexibility index (Phi) is 2.66. The second-order valence-corrected chi connectivity index (χ2v) is 4.57. The van der Waals surface area contributed by atoms with Gasteiger partial charge in [0.2, 0.25) is 0 Å². The second kappa shape index (κ2) is 3.98. The topological polar surface area (TPSA) is 63.3 Å². The molecule has 0 spiro atoms. The van der Waals surface area contributed by atoms with Gasteiger partial charge in [-0.2, -0.15) is 0 Å². The van der Waals surface area contributed by atoms with Crippen LogP contribution in [-0.4, -0.2) is 11.1 Å². The minimum atomic E-state index is -0.970. The van der Waals surface area contributed by atoms with Gasteiger partial charge < -0.3 is 10.8 Å². The molecule has 1 heterocycles. The van der Waals surface area contributed by atoms with E-state index in [1.54, 1.807) is 6.07 Å². The van der Waals surface area contributed by atoms with Crippen LogP contribution in [0.1, 0.15) is 15.2 Å². The van der Waals surface area contributed by atoms with Gasteiger partial charge in [-0.3, -0.25) is 0 Å². The van der Waals surface area contributed by atoms with Crippen molar-refractivity contribution in [1.29, 1.82) is 0 Å². The Bertz CT molecular complexity index is 546. The first-order valence-electron chi connectivity index (χ1n) is 4.78. The van der Waals surface area contributed by atoms with Crippen molar-refractivity contribution in [2.75, 3.05) is 5.73 Å². The zero-order valence-electron chi connectivity index (χ0n) is 8.73. The number of hydrogen-bond donors (Lipinski definition) is 2. The third-order valence-corrected chi connectivity index (χ3v) is 3.54. The van der Waals surface area contributed by atoms with E-state index >= 15 is 0 Å². The molecule has 0 aliphatic heterocycles. The minimum absolute atomic E-state index is 0.207. The van der Waals surface area contributed by atoms with E-state index in [4.69, 9.17) is 10.8 Å². The van der Waals surface area contributed by atoms with Gasteiger partial charge in [-0.25, -0.2) is 4.79 Å². The highest BCUT2D eigenvalue weighted by atomic mass is 32.1. The highest BCUT2D eigenvalue weighted by molar-refractivity contribution is 7.18. The molecule has 2 rings (SSSR count). The van der Waals surface area contributed by atoms with Crippen molar-refractivity contribution in [2.24, 2.45) is 0 Å². The highest BCUT2D eigenvalue weighted by Crippen LogP contribution is 2.34. The molecule has 82 valence electrons. The maximum absolute atomic E-state index is 10.9. The molecule has 2 aromatic rings. The fourth-order valence-electron chi connectivity index (χ4n) is 1.55. The van der Waals surface area contributed by atoms with Crippen LogP contribution in [0.5, 0.6) is 0 Å². The number of anilines is 1. The molecule has 0 radical (unpaired) electrons. The van der Waals surface area contributed by atoms with Gasteiger partial charge in [-0.05, 0) is 24.1 Å². The van der Waals surface area contributed by atoms with Gasteiger partial charge in [0.15, 0.2) is 0 Å². The number of rotatable bonds is 2. The minimum Gasteiger partial charge on any atom is -0.477 e. The molecule has 0 saturated carbocycles. The summed E-state index contributed by atoms with van der Waals surface area (Å²) in [6.45, 7) is 1.99. The standard InChI is InChI=1S/C12H11NO2S/c1-7-4-2-3-5-8(7)10-6-9(13)11(16-10)12(14)15/h2-6H,13H2,1H3,(H,14,15). The summed E-state index contributed by atoms with van der Waals surface area (Å²) in [6.07, 6.45) is 0. The number of hydrogen-bond acceptors (Lipinski definition) is 3. The Balaban J connectivity index is 2.54. The Labute approximate surface area is 97.2 Å². The molecule has 1 aromatic heterocycles. The van der Waals surface area contributed by atoms with Gasteiger partial charge in [0.05, 0.1) is 5.69 Å². The van der Waals surface area contributed by atoms with Crippen LogP contribution in [-0.2, 0) is 0 Å². The van der Waals surface area contributed by atoms with E-state index in [0.29, 0.717) is 5.69 Å². The molecule has 3 nitrogen and oxygen atoms in total. The normalized spacial score (nSPS) is 10.3. The molecule has 0 aliphatic rings. The zero-order valence-corrected chi connectivity index (χ0v) is 9.54. The Morgan fingerprint density at radius 2 is 2.06 bits per heavy atom. The van der Waals surface area contributed by atoms with Gasteiger partial charge in [-0.1, -0.05) is 24.3 Å². The average molecular weight is 233 g/mol. The molecular formula is C12H11NO2S. The lowest BCUT2D eigenvalue weighted by Crippen LogP contribution is -1.96. The maximum atomic E-state index is 10.9.